The highest BCUT2D eigenvalue weighted by molar-refractivity contribution is 5.83. The Morgan fingerprint density at radius 3 is 1.97 bits per heavy atom. The average Bonchev–Trinajstić information content (AvgIpc) is 3.19. The van der Waals surface area contributed by atoms with Crippen molar-refractivity contribution in [1.29, 1.82) is 0 Å². The van der Waals surface area contributed by atoms with Gasteiger partial charge in [0.15, 0.2) is 0 Å². The van der Waals surface area contributed by atoms with Crippen molar-refractivity contribution in [3.05, 3.63) is 18.0 Å². The minimum absolute atomic E-state index is 0.0617. The first-order chi connectivity index (χ1) is 17.2. The summed E-state index contributed by atoms with van der Waals surface area (Å²) in [6.45, 7) is 33.0. The number of hydrogen-bond donors (Lipinski definition) is 1. The van der Waals surface area contributed by atoms with Gasteiger partial charge in [-0.3, -0.25) is 9.48 Å². The first-order valence-electron chi connectivity index (χ1n) is 14.4. The number of ether oxygens (including phenoxy) is 2. The Hall–Kier alpha value is -1.73. The standard InChI is InChI=1S/C32H59N3O4/c1-23(2)17-26(3,4)24-18-33-35(19-24)20-29(9,10)38-22-28(7,8)34-25(37)30(11,12)32(15,16)39-31(13,14)27(5,6)21-36/h18-19,21,23H,17,20,22H2,1-16H3,(H,34,37). The molecular formula is C32H59N3O4. The van der Waals surface area contributed by atoms with Gasteiger partial charge in [-0.05, 0) is 92.6 Å². The molecule has 1 heterocycles. The summed E-state index contributed by atoms with van der Waals surface area (Å²) in [6, 6.07) is 0. The first-order valence-corrected chi connectivity index (χ1v) is 14.4. The molecule has 0 atom stereocenters. The monoisotopic (exact) mass is 549 g/mol. The van der Waals surface area contributed by atoms with E-state index in [1.165, 1.54) is 5.56 Å². The molecule has 0 aromatic carbocycles. The van der Waals surface area contributed by atoms with Gasteiger partial charge in [0.05, 0.1) is 47.1 Å². The molecule has 0 saturated heterocycles. The van der Waals surface area contributed by atoms with Crippen LogP contribution in [-0.4, -0.2) is 50.9 Å². The number of hydrogen-bond acceptors (Lipinski definition) is 5. The Labute approximate surface area is 239 Å². The van der Waals surface area contributed by atoms with Gasteiger partial charge >= 0.3 is 0 Å². The lowest BCUT2D eigenvalue weighted by Crippen LogP contribution is -2.60. The van der Waals surface area contributed by atoms with E-state index in [0.717, 1.165) is 12.7 Å². The molecule has 0 radical (unpaired) electrons. The topological polar surface area (TPSA) is 82.4 Å². The van der Waals surface area contributed by atoms with E-state index < -0.39 is 33.2 Å². The molecule has 1 amide bonds. The van der Waals surface area contributed by atoms with Gasteiger partial charge in [0.2, 0.25) is 5.91 Å². The Morgan fingerprint density at radius 1 is 0.949 bits per heavy atom. The molecule has 39 heavy (non-hydrogen) atoms. The van der Waals surface area contributed by atoms with Crippen LogP contribution in [0.15, 0.2) is 12.4 Å². The molecule has 226 valence electrons. The molecule has 0 spiro atoms. The van der Waals surface area contributed by atoms with Crippen molar-refractivity contribution < 1.29 is 19.1 Å². The van der Waals surface area contributed by atoms with Crippen LogP contribution in [0.25, 0.3) is 0 Å². The summed E-state index contributed by atoms with van der Waals surface area (Å²) in [6.07, 6.45) is 6.09. The molecule has 0 aliphatic heterocycles. The number of carbonyl (C=O) groups is 2. The number of carbonyl (C=O) groups excluding carboxylic acids is 2. The zero-order valence-electron chi connectivity index (χ0n) is 28.0. The van der Waals surface area contributed by atoms with Crippen LogP contribution in [0.4, 0.5) is 0 Å². The van der Waals surface area contributed by atoms with Gasteiger partial charge in [-0.25, -0.2) is 0 Å². The van der Waals surface area contributed by atoms with Crippen LogP contribution < -0.4 is 5.32 Å². The maximum absolute atomic E-state index is 13.6. The van der Waals surface area contributed by atoms with Crippen molar-refractivity contribution in [1.82, 2.24) is 15.1 Å². The summed E-state index contributed by atoms with van der Waals surface area (Å²) in [7, 11) is 0. The number of nitrogens with one attached hydrogen (secondary N) is 1. The fourth-order valence-corrected chi connectivity index (χ4v) is 4.56. The van der Waals surface area contributed by atoms with Crippen molar-refractivity contribution in [2.75, 3.05) is 6.61 Å². The third-order valence-electron chi connectivity index (χ3n) is 8.58. The molecular weight excluding hydrogens is 490 g/mol. The minimum atomic E-state index is -0.885. The molecule has 1 aromatic heterocycles. The quantitative estimate of drug-likeness (QED) is 0.246. The van der Waals surface area contributed by atoms with Crippen LogP contribution in [0.1, 0.15) is 123 Å². The van der Waals surface area contributed by atoms with E-state index in [0.29, 0.717) is 19.1 Å². The fourth-order valence-electron chi connectivity index (χ4n) is 4.56. The van der Waals surface area contributed by atoms with Gasteiger partial charge in [0.1, 0.15) is 6.29 Å². The summed E-state index contributed by atoms with van der Waals surface area (Å²) in [5.41, 5.74) is -3.03. The predicted molar refractivity (Wildman–Crippen MR) is 160 cm³/mol. The highest BCUT2D eigenvalue weighted by Gasteiger charge is 2.51. The van der Waals surface area contributed by atoms with E-state index in [4.69, 9.17) is 9.47 Å². The van der Waals surface area contributed by atoms with Gasteiger partial charge in [0.25, 0.3) is 0 Å². The van der Waals surface area contributed by atoms with Crippen LogP contribution in [-0.2, 0) is 31.0 Å². The third-order valence-corrected chi connectivity index (χ3v) is 8.58. The lowest BCUT2D eigenvalue weighted by molar-refractivity contribution is -0.209. The average molecular weight is 550 g/mol. The number of amides is 1. The lowest BCUT2D eigenvalue weighted by Gasteiger charge is -2.49. The van der Waals surface area contributed by atoms with Gasteiger partial charge in [-0.1, -0.05) is 41.5 Å². The summed E-state index contributed by atoms with van der Waals surface area (Å²) >= 11 is 0. The second-order valence-corrected chi connectivity index (χ2v) is 15.9. The zero-order valence-corrected chi connectivity index (χ0v) is 28.0. The predicted octanol–water partition coefficient (Wildman–Crippen LogP) is 6.72. The van der Waals surface area contributed by atoms with E-state index in [9.17, 15) is 9.59 Å². The number of nitrogens with zero attached hydrogens (tertiary/aromatic N) is 2. The Morgan fingerprint density at radius 2 is 1.49 bits per heavy atom. The van der Waals surface area contributed by atoms with Crippen molar-refractivity contribution in [3.63, 3.8) is 0 Å². The summed E-state index contributed by atoms with van der Waals surface area (Å²) in [5.74, 6) is 0.472. The van der Waals surface area contributed by atoms with Crippen molar-refractivity contribution in [2.45, 2.75) is 152 Å². The summed E-state index contributed by atoms with van der Waals surface area (Å²) in [5, 5.41) is 7.79. The number of aromatic nitrogens is 2. The zero-order chi connectivity index (χ0) is 30.9. The fraction of sp³-hybridized carbons (Fsp3) is 0.844. The van der Waals surface area contributed by atoms with Crippen LogP contribution in [0, 0.1) is 16.7 Å². The highest BCUT2D eigenvalue weighted by Crippen LogP contribution is 2.42. The molecule has 0 fully saturated rings. The maximum Gasteiger partial charge on any atom is 0.229 e. The van der Waals surface area contributed by atoms with E-state index >= 15 is 0 Å². The van der Waals surface area contributed by atoms with E-state index in [-0.39, 0.29) is 11.3 Å². The third kappa shape index (κ3) is 9.14. The van der Waals surface area contributed by atoms with Gasteiger partial charge in [-0.2, -0.15) is 5.10 Å². The minimum Gasteiger partial charge on any atom is -0.371 e. The van der Waals surface area contributed by atoms with Crippen molar-refractivity contribution >= 4 is 12.2 Å². The lowest BCUT2D eigenvalue weighted by atomic mass is 9.73. The molecule has 1 rings (SSSR count). The Bertz CT molecular complexity index is 981. The molecule has 0 unspecified atom stereocenters. The highest BCUT2D eigenvalue weighted by atomic mass is 16.5. The Kier molecular flexibility index (Phi) is 10.5. The van der Waals surface area contributed by atoms with Crippen LogP contribution in [0.2, 0.25) is 0 Å². The molecule has 1 aromatic rings. The maximum atomic E-state index is 13.6. The van der Waals surface area contributed by atoms with Crippen LogP contribution >= 0.6 is 0 Å². The first kappa shape index (κ1) is 35.3. The smallest absolute Gasteiger partial charge is 0.229 e. The van der Waals surface area contributed by atoms with E-state index in [1.54, 1.807) is 0 Å². The van der Waals surface area contributed by atoms with E-state index in [2.05, 4.69) is 44.3 Å². The second kappa shape index (κ2) is 11.6. The van der Waals surface area contributed by atoms with Crippen molar-refractivity contribution in [3.8, 4) is 0 Å². The van der Waals surface area contributed by atoms with Gasteiger partial charge < -0.3 is 19.6 Å². The molecule has 0 saturated carbocycles. The number of rotatable bonds is 15. The molecule has 1 N–H and O–H groups in total. The molecule has 7 nitrogen and oxygen atoms in total. The largest absolute Gasteiger partial charge is 0.371 e. The van der Waals surface area contributed by atoms with Crippen LogP contribution in [0.5, 0.6) is 0 Å². The molecule has 0 aliphatic rings. The summed E-state index contributed by atoms with van der Waals surface area (Å²) in [4.78, 5) is 25.3. The molecule has 0 bridgehead atoms. The normalized spacial score (nSPS) is 14.6. The van der Waals surface area contributed by atoms with Gasteiger partial charge in [-0.15, -0.1) is 0 Å². The number of aldehydes is 1. The van der Waals surface area contributed by atoms with Gasteiger partial charge in [0, 0.05) is 11.6 Å². The molecule has 7 heteroatoms. The van der Waals surface area contributed by atoms with Crippen LogP contribution in [0.3, 0.4) is 0 Å². The molecule has 0 aliphatic carbocycles. The Balaban J connectivity index is 2.89. The van der Waals surface area contributed by atoms with Crippen molar-refractivity contribution in [2.24, 2.45) is 16.7 Å². The van der Waals surface area contributed by atoms with E-state index in [1.807, 2.05) is 94.0 Å². The summed E-state index contributed by atoms with van der Waals surface area (Å²) < 4.78 is 14.8. The second-order valence-electron chi connectivity index (χ2n) is 15.9. The SMILES string of the molecule is CC(C)CC(C)(C)c1cnn(CC(C)(C)OCC(C)(C)NC(=O)C(C)(C)C(C)(C)OC(C)(C)C(C)(C)C=O)c1.